The van der Waals surface area contributed by atoms with Gasteiger partial charge in [0.1, 0.15) is 6.54 Å². The molecule has 0 N–H and O–H groups in total. The van der Waals surface area contributed by atoms with Crippen LogP contribution >= 0.6 is 0 Å². The van der Waals surface area contributed by atoms with Gasteiger partial charge in [-0.05, 0) is 18.9 Å². The molecule has 2 unspecified atom stereocenters. The minimum atomic E-state index is -4.34. The fourth-order valence-electron chi connectivity index (χ4n) is 2.68. The van der Waals surface area contributed by atoms with Crippen molar-refractivity contribution in [2.75, 3.05) is 6.54 Å². The van der Waals surface area contributed by atoms with Gasteiger partial charge in [-0.1, -0.05) is 30.3 Å². The van der Waals surface area contributed by atoms with Gasteiger partial charge in [-0.25, -0.2) is 0 Å². The lowest BCUT2D eigenvalue weighted by molar-refractivity contribution is -0.169. The molecule has 2 rings (SSSR count). The van der Waals surface area contributed by atoms with Gasteiger partial charge in [-0.2, -0.15) is 13.2 Å². The van der Waals surface area contributed by atoms with Crippen molar-refractivity contribution in [3.05, 3.63) is 35.9 Å². The van der Waals surface area contributed by atoms with E-state index >= 15 is 0 Å². The summed E-state index contributed by atoms with van der Waals surface area (Å²) in [4.78, 5) is 12.6. The van der Waals surface area contributed by atoms with E-state index in [4.69, 9.17) is 0 Å². The van der Waals surface area contributed by atoms with E-state index in [0.29, 0.717) is 6.42 Å². The van der Waals surface area contributed by atoms with E-state index < -0.39 is 24.7 Å². The number of hydrogen-bond donors (Lipinski definition) is 0. The van der Waals surface area contributed by atoms with Crippen LogP contribution in [0.4, 0.5) is 13.2 Å². The molecule has 5 heteroatoms. The molecule has 0 aromatic heterocycles. The Morgan fingerprint density at radius 2 is 1.89 bits per heavy atom. The minimum absolute atomic E-state index is 0.0266. The highest BCUT2D eigenvalue weighted by Gasteiger charge is 2.40. The summed E-state index contributed by atoms with van der Waals surface area (Å²) in [6.45, 7) is 0.538. The normalized spacial score (nSPS) is 24.6. The van der Waals surface area contributed by atoms with Gasteiger partial charge in [-0.15, -0.1) is 0 Å². The smallest absolute Gasteiger partial charge is 0.330 e. The molecule has 0 aliphatic carbocycles. The number of rotatable bonds is 2. The number of hydrogen-bond acceptors (Lipinski definition) is 1. The molecule has 0 radical (unpaired) electrons. The van der Waals surface area contributed by atoms with Crippen LogP contribution in [0, 0.1) is 0 Å². The van der Waals surface area contributed by atoms with E-state index in [1.54, 1.807) is 6.92 Å². The zero-order chi connectivity index (χ0) is 14.0. The van der Waals surface area contributed by atoms with Crippen LogP contribution in [0.2, 0.25) is 0 Å². The molecule has 1 fully saturated rings. The van der Waals surface area contributed by atoms with Crippen LogP contribution in [0.5, 0.6) is 0 Å². The average Bonchev–Trinajstić information content (AvgIpc) is 2.34. The molecule has 19 heavy (non-hydrogen) atoms. The largest absolute Gasteiger partial charge is 0.406 e. The lowest BCUT2D eigenvalue weighted by Crippen LogP contribution is -2.49. The summed E-state index contributed by atoms with van der Waals surface area (Å²) < 4.78 is 37.6. The average molecular weight is 271 g/mol. The molecule has 1 aromatic carbocycles. The minimum Gasteiger partial charge on any atom is -0.330 e. The van der Waals surface area contributed by atoms with E-state index in [0.717, 1.165) is 10.5 Å². The number of benzene rings is 1. The van der Waals surface area contributed by atoms with Crippen LogP contribution in [0.25, 0.3) is 0 Å². The number of amides is 1. The standard InChI is InChI=1S/C14H16F3NO/c1-10-12(11-5-3-2-4-6-11)7-8-13(19)18(10)9-14(15,16)17/h2-6,10,12H,7-9H2,1H3. The highest BCUT2D eigenvalue weighted by molar-refractivity contribution is 5.77. The SMILES string of the molecule is CC1C(c2ccccc2)CCC(=O)N1CC(F)(F)F. The van der Waals surface area contributed by atoms with Crippen molar-refractivity contribution in [1.29, 1.82) is 0 Å². The predicted molar refractivity (Wildman–Crippen MR) is 65.6 cm³/mol. The Bertz CT molecular complexity index is 444. The third-order valence-corrected chi connectivity index (χ3v) is 3.64. The molecule has 1 heterocycles. The van der Waals surface area contributed by atoms with Crippen LogP contribution in [0.1, 0.15) is 31.2 Å². The zero-order valence-corrected chi connectivity index (χ0v) is 10.7. The third kappa shape index (κ3) is 3.28. The number of piperidine rings is 1. The van der Waals surface area contributed by atoms with E-state index in [-0.39, 0.29) is 12.3 Å². The Kier molecular flexibility index (Phi) is 3.83. The second kappa shape index (κ2) is 5.23. The maximum absolute atomic E-state index is 12.5. The number of alkyl halides is 3. The Hall–Kier alpha value is -1.52. The first kappa shape index (κ1) is 13.9. The van der Waals surface area contributed by atoms with Crippen molar-refractivity contribution in [3.8, 4) is 0 Å². The van der Waals surface area contributed by atoms with Crippen LogP contribution in [-0.2, 0) is 4.79 Å². The maximum Gasteiger partial charge on any atom is 0.406 e. The summed E-state index contributed by atoms with van der Waals surface area (Å²) >= 11 is 0. The van der Waals surface area contributed by atoms with Crippen molar-refractivity contribution >= 4 is 5.91 Å². The highest BCUT2D eigenvalue weighted by Crippen LogP contribution is 2.34. The maximum atomic E-state index is 12.5. The summed E-state index contributed by atoms with van der Waals surface area (Å²) in [5.74, 6) is -0.432. The molecule has 1 saturated heterocycles. The fourth-order valence-corrected chi connectivity index (χ4v) is 2.68. The van der Waals surface area contributed by atoms with Gasteiger partial charge in [0.2, 0.25) is 5.91 Å². The first-order valence-corrected chi connectivity index (χ1v) is 6.29. The van der Waals surface area contributed by atoms with Crippen molar-refractivity contribution in [1.82, 2.24) is 4.90 Å². The highest BCUT2D eigenvalue weighted by atomic mass is 19.4. The van der Waals surface area contributed by atoms with Gasteiger partial charge in [0.05, 0.1) is 0 Å². The summed E-state index contributed by atoms with van der Waals surface area (Å²) in [7, 11) is 0. The van der Waals surface area contributed by atoms with Gasteiger partial charge in [-0.3, -0.25) is 4.79 Å². The van der Waals surface area contributed by atoms with Gasteiger partial charge >= 0.3 is 6.18 Å². The molecule has 2 nitrogen and oxygen atoms in total. The quantitative estimate of drug-likeness (QED) is 0.807. The molecule has 1 aliphatic rings. The van der Waals surface area contributed by atoms with Crippen molar-refractivity contribution in [2.45, 2.75) is 37.9 Å². The van der Waals surface area contributed by atoms with E-state index in [1.165, 1.54) is 0 Å². The number of likely N-dealkylation sites (tertiary alicyclic amines) is 1. The zero-order valence-electron chi connectivity index (χ0n) is 10.7. The number of carbonyl (C=O) groups excluding carboxylic acids is 1. The second-order valence-corrected chi connectivity index (χ2v) is 4.93. The van der Waals surface area contributed by atoms with E-state index in [1.807, 2.05) is 30.3 Å². The number of carbonyl (C=O) groups is 1. The van der Waals surface area contributed by atoms with Crippen LogP contribution in [-0.4, -0.2) is 29.6 Å². The summed E-state index contributed by atoms with van der Waals surface area (Å²) in [6.07, 6.45) is -3.55. The molecule has 0 spiro atoms. The van der Waals surface area contributed by atoms with Gasteiger partial charge in [0.25, 0.3) is 0 Å². The molecular formula is C14H16F3NO. The predicted octanol–water partition coefficient (Wildman–Crippen LogP) is 3.34. The third-order valence-electron chi connectivity index (χ3n) is 3.64. The monoisotopic (exact) mass is 271 g/mol. The molecule has 1 aliphatic heterocycles. The van der Waals surface area contributed by atoms with Gasteiger partial charge in [0.15, 0.2) is 0 Å². The second-order valence-electron chi connectivity index (χ2n) is 4.93. The van der Waals surface area contributed by atoms with Crippen LogP contribution in [0.15, 0.2) is 30.3 Å². The molecule has 0 bridgehead atoms. The molecule has 1 amide bonds. The molecule has 104 valence electrons. The fraction of sp³-hybridized carbons (Fsp3) is 0.500. The Morgan fingerprint density at radius 1 is 1.26 bits per heavy atom. The molecule has 0 saturated carbocycles. The number of halogens is 3. The molecular weight excluding hydrogens is 255 g/mol. The first-order chi connectivity index (χ1) is 8.88. The van der Waals surface area contributed by atoms with Crippen molar-refractivity contribution in [2.24, 2.45) is 0 Å². The van der Waals surface area contributed by atoms with Crippen LogP contribution < -0.4 is 0 Å². The van der Waals surface area contributed by atoms with Gasteiger partial charge in [0, 0.05) is 18.4 Å². The Labute approximate surface area is 110 Å². The van der Waals surface area contributed by atoms with Crippen molar-refractivity contribution < 1.29 is 18.0 Å². The Balaban J connectivity index is 2.19. The van der Waals surface area contributed by atoms with Gasteiger partial charge < -0.3 is 4.90 Å². The summed E-state index contributed by atoms with van der Waals surface area (Å²) in [6, 6.07) is 8.99. The van der Waals surface area contributed by atoms with E-state index in [9.17, 15) is 18.0 Å². The van der Waals surface area contributed by atoms with E-state index in [2.05, 4.69) is 0 Å². The molecule has 1 aromatic rings. The first-order valence-electron chi connectivity index (χ1n) is 6.29. The topological polar surface area (TPSA) is 20.3 Å². The lowest BCUT2D eigenvalue weighted by Gasteiger charge is -2.39. The Morgan fingerprint density at radius 3 is 2.47 bits per heavy atom. The van der Waals surface area contributed by atoms with Crippen LogP contribution in [0.3, 0.4) is 0 Å². The lowest BCUT2D eigenvalue weighted by atomic mass is 9.84. The van der Waals surface area contributed by atoms with Crippen molar-refractivity contribution in [3.63, 3.8) is 0 Å². The summed E-state index contributed by atoms with van der Waals surface area (Å²) in [5, 5.41) is 0. The molecule has 2 atom stereocenters. The number of nitrogens with zero attached hydrogens (tertiary/aromatic N) is 1. The summed E-state index contributed by atoms with van der Waals surface area (Å²) in [5.41, 5.74) is 0.995.